The van der Waals surface area contributed by atoms with Gasteiger partial charge in [-0.25, -0.2) is 0 Å². The molecule has 1 amide bonds. The van der Waals surface area contributed by atoms with Crippen molar-refractivity contribution < 1.29 is 13.6 Å². The molecule has 0 unspecified atom stereocenters. The quantitative estimate of drug-likeness (QED) is 0.850. The van der Waals surface area contributed by atoms with Crippen LogP contribution in [0.25, 0.3) is 0 Å². The molecule has 2 atom stereocenters. The molecule has 0 N–H and O–H groups in total. The maximum atomic E-state index is 12.7. The molecule has 4 rings (SSSR count). The number of carbonyl (C=O) groups is 1. The van der Waals surface area contributed by atoms with Gasteiger partial charge in [0, 0.05) is 20.0 Å². The molecule has 116 valence electrons. The van der Waals surface area contributed by atoms with Crippen molar-refractivity contribution in [3.8, 4) is 0 Å². The van der Waals surface area contributed by atoms with Crippen LogP contribution in [0, 0.1) is 12.8 Å². The molecule has 2 aromatic heterocycles. The Morgan fingerprint density at radius 2 is 2.36 bits per heavy atom. The Kier molecular flexibility index (Phi) is 3.04. The lowest BCUT2D eigenvalue weighted by Crippen LogP contribution is -2.34. The SMILES string of the molecule is Cc1nnc([C@]23CCC[C@H]2CN(C(=O)c2ccoc2Cl)C3)o1. The van der Waals surface area contributed by atoms with E-state index >= 15 is 0 Å². The molecule has 3 heterocycles. The topological polar surface area (TPSA) is 72.4 Å². The van der Waals surface area contributed by atoms with Crippen LogP contribution in [0.2, 0.25) is 5.22 Å². The van der Waals surface area contributed by atoms with Crippen molar-refractivity contribution in [2.45, 2.75) is 31.6 Å². The van der Waals surface area contributed by atoms with E-state index in [4.69, 9.17) is 20.4 Å². The zero-order valence-electron chi connectivity index (χ0n) is 12.2. The van der Waals surface area contributed by atoms with Gasteiger partial charge in [-0.3, -0.25) is 4.79 Å². The molecule has 6 nitrogen and oxygen atoms in total. The first-order valence-electron chi connectivity index (χ1n) is 7.43. The second-order valence-electron chi connectivity index (χ2n) is 6.17. The summed E-state index contributed by atoms with van der Waals surface area (Å²) in [5.74, 6) is 1.50. The van der Waals surface area contributed by atoms with E-state index in [1.54, 1.807) is 13.0 Å². The van der Waals surface area contributed by atoms with E-state index in [2.05, 4.69) is 10.2 Å². The van der Waals surface area contributed by atoms with Gasteiger partial charge in [0.1, 0.15) is 0 Å². The molecule has 7 heteroatoms. The summed E-state index contributed by atoms with van der Waals surface area (Å²) in [6.07, 6.45) is 4.61. The average Bonchev–Trinajstić information content (AvgIpc) is 3.19. The Labute approximate surface area is 132 Å². The fourth-order valence-corrected chi connectivity index (χ4v) is 4.10. The number of fused-ring (bicyclic) bond motifs is 1. The predicted octanol–water partition coefficient (Wildman–Crippen LogP) is 2.82. The van der Waals surface area contributed by atoms with Gasteiger partial charge in [-0.05, 0) is 36.4 Å². The first kappa shape index (κ1) is 13.8. The standard InChI is InChI=1S/C15H16ClN3O3/c1-9-17-18-14(22-9)15-5-2-3-10(15)7-19(8-15)13(20)11-4-6-21-12(11)16/h4,6,10H,2-3,5,7-8H2,1H3/t10-,15-/m0/s1. The van der Waals surface area contributed by atoms with Crippen LogP contribution in [0.5, 0.6) is 0 Å². The highest BCUT2D eigenvalue weighted by Crippen LogP contribution is 2.50. The van der Waals surface area contributed by atoms with Crippen molar-refractivity contribution in [3.63, 3.8) is 0 Å². The van der Waals surface area contributed by atoms with E-state index in [-0.39, 0.29) is 16.5 Å². The molecule has 0 aromatic carbocycles. The zero-order valence-corrected chi connectivity index (χ0v) is 13.0. The number of furan rings is 1. The smallest absolute Gasteiger partial charge is 0.258 e. The first-order chi connectivity index (χ1) is 10.6. The molecule has 2 fully saturated rings. The largest absolute Gasteiger partial charge is 0.452 e. The van der Waals surface area contributed by atoms with Gasteiger partial charge in [0.25, 0.3) is 5.91 Å². The molecule has 2 aromatic rings. The molecule has 1 aliphatic heterocycles. The first-order valence-corrected chi connectivity index (χ1v) is 7.81. The van der Waals surface area contributed by atoms with Gasteiger partial charge in [-0.15, -0.1) is 10.2 Å². The van der Waals surface area contributed by atoms with Crippen LogP contribution < -0.4 is 0 Å². The van der Waals surface area contributed by atoms with Crippen LogP contribution in [0.4, 0.5) is 0 Å². The predicted molar refractivity (Wildman–Crippen MR) is 77.7 cm³/mol. The molecule has 1 saturated carbocycles. The Hall–Kier alpha value is -1.82. The monoisotopic (exact) mass is 321 g/mol. The van der Waals surface area contributed by atoms with Crippen molar-refractivity contribution in [2.75, 3.05) is 13.1 Å². The van der Waals surface area contributed by atoms with Gasteiger partial charge in [0.15, 0.2) is 0 Å². The van der Waals surface area contributed by atoms with Crippen LogP contribution in [-0.4, -0.2) is 34.1 Å². The second kappa shape index (κ2) is 4.84. The Bertz CT molecular complexity index is 725. The van der Waals surface area contributed by atoms with Gasteiger partial charge >= 0.3 is 0 Å². The van der Waals surface area contributed by atoms with Crippen molar-refractivity contribution in [2.24, 2.45) is 5.92 Å². The van der Waals surface area contributed by atoms with E-state index in [1.807, 2.05) is 4.90 Å². The molecule has 1 aliphatic carbocycles. The number of nitrogens with zero attached hydrogens (tertiary/aromatic N) is 3. The number of hydrogen-bond acceptors (Lipinski definition) is 5. The van der Waals surface area contributed by atoms with E-state index in [0.717, 1.165) is 19.3 Å². The summed E-state index contributed by atoms with van der Waals surface area (Å²) >= 11 is 5.93. The molecule has 1 saturated heterocycles. The number of likely N-dealkylation sites (tertiary alicyclic amines) is 1. The molecule has 2 aliphatic rings. The summed E-state index contributed by atoms with van der Waals surface area (Å²) in [6, 6.07) is 1.61. The normalized spacial score (nSPS) is 27.4. The minimum atomic E-state index is -0.201. The number of hydrogen-bond donors (Lipinski definition) is 0. The van der Waals surface area contributed by atoms with E-state index < -0.39 is 0 Å². The molecular weight excluding hydrogens is 306 g/mol. The van der Waals surface area contributed by atoms with Crippen molar-refractivity contribution in [3.05, 3.63) is 34.9 Å². The van der Waals surface area contributed by atoms with E-state index in [9.17, 15) is 4.79 Å². The molecular formula is C15H16ClN3O3. The molecule has 22 heavy (non-hydrogen) atoms. The zero-order chi connectivity index (χ0) is 15.3. The Morgan fingerprint density at radius 1 is 1.50 bits per heavy atom. The van der Waals surface area contributed by atoms with Gasteiger partial charge < -0.3 is 13.7 Å². The third-order valence-corrected chi connectivity index (χ3v) is 5.25. The fraction of sp³-hybridized carbons (Fsp3) is 0.533. The van der Waals surface area contributed by atoms with E-state index in [0.29, 0.717) is 36.4 Å². The number of rotatable bonds is 2. The highest BCUT2D eigenvalue weighted by Gasteiger charge is 2.55. The van der Waals surface area contributed by atoms with Crippen LogP contribution in [0.3, 0.4) is 0 Å². The number of aromatic nitrogens is 2. The van der Waals surface area contributed by atoms with Crippen molar-refractivity contribution in [1.29, 1.82) is 0 Å². The summed E-state index contributed by atoms with van der Waals surface area (Å²) in [5, 5.41) is 8.34. The highest BCUT2D eigenvalue weighted by molar-refractivity contribution is 6.32. The Balaban J connectivity index is 1.65. The third-order valence-electron chi connectivity index (χ3n) is 4.96. The van der Waals surface area contributed by atoms with Gasteiger partial charge in [0.2, 0.25) is 17.0 Å². The summed E-state index contributed by atoms with van der Waals surface area (Å²) in [5.41, 5.74) is 0.214. The number of aryl methyl sites for hydroxylation is 1. The van der Waals surface area contributed by atoms with Crippen LogP contribution in [0.15, 0.2) is 21.2 Å². The number of halogens is 1. The van der Waals surface area contributed by atoms with Gasteiger partial charge in [-0.1, -0.05) is 6.42 Å². The number of carbonyl (C=O) groups excluding carboxylic acids is 1. The van der Waals surface area contributed by atoms with Crippen LogP contribution in [0.1, 0.15) is 41.4 Å². The lowest BCUT2D eigenvalue weighted by molar-refractivity contribution is 0.0775. The van der Waals surface area contributed by atoms with Crippen molar-refractivity contribution >= 4 is 17.5 Å². The summed E-state index contributed by atoms with van der Waals surface area (Å²) in [4.78, 5) is 14.5. The highest BCUT2D eigenvalue weighted by atomic mass is 35.5. The average molecular weight is 322 g/mol. The summed E-state index contributed by atoms with van der Waals surface area (Å²) < 4.78 is 10.7. The lowest BCUT2D eigenvalue weighted by Gasteiger charge is -2.24. The Morgan fingerprint density at radius 3 is 3.05 bits per heavy atom. The maximum Gasteiger partial charge on any atom is 0.258 e. The van der Waals surface area contributed by atoms with Gasteiger partial charge in [0.05, 0.1) is 17.2 Å². The third kappa shape index (κ3) is 1.90. The minimum Gasteiger partial charge on any atom is -0.452 e. The van der Waals surface area contributed by atoms with Crippen LogP contribution in [-0.2, 0) is 5.41 Å². The van der Waals surface area contributed by atoms with Crippen LogP contribution >= 0.6 is 11.6 Å². The molecule has 0 bridgehead atoms. The summed E-state index contributed by atoms with van der Waals surface area (Å²) in [6.45, 7) is 3.08. The second-order valence-corrected chi connectivity index (χ2v) is 6.51. The summed E-state index contributed by atoms with van der Waals surface area (Å²) in [7, 11) is 0. The lowest BCUT2D eigenvalue weighted by atomic mass is 9.80. The van der Waals surface area contributed by atoms with Crippen molar-refractivity contribution in [1.82, 2.24) is 15.1 Å². The fourth-order valence-electron chi connectivity index (χ4n) is 3.91. The number of amides is 1. The molecule has 0 spiro atoms. The maximum absolute atomic E-state index is 12.7. The van der Waals surface area contributed by atoms with E-state index in [1.165, 1.54) is 6.26 Å². The van der Waals surface area contributed by atoms with Gasteiger partial charge in [-0.2, -0.15) is 0 Å². The minimum absolute atomic E-state index is 0.0937. The molecule has 0 radical (unpaired) electrons.